The molecule has 2 unspecified atom stereocenters. The smallest absolute Gasteiger partial charge is 0.347 e. The second-order valence-corrected chi connectivity index (χ2v) is 10.3. The zero-order valence-electron chi connectivity index (χ0n) is 22.4. The van der Waals surface area contributed by atoms with Gasteiger partial charge in [0, 0.05) is 12.0 Å². The first-order chi connectivity index (χ1) is 19.6. The van der Waals surface area contributed by atoms with E-state index in [9.17, 15) is 14.4 Å². The van der Waals surface area contributed by atoms with E-state index in [1.807, 2.05) is 42.5 Å². The molecule has 0 spiro atoms. The molecule has 40 heavy (non-hydrogen) atoms. The molecule has 3 N–H and O–H groups in total. The number of nitrogens with one attached hydrogen (secondary N) is 3. The number of fused-ring (bicyclic) bond motifs is 2. The van der Waals surface area contributed by atoms with Gasteiger partial charge >= 0.3 is 11.9 Å². The average Bonchev–Trinajstić information content (AvgIpc) is 3.01. The number of carbonyl (C=O) groups is 3. The lowest BCUT2D eigenvalue weighted by molar-refractivity contribution is -0.157. The highest BCUT2D eigenvalue weighted by molar-refractivity contribution is 5.96. The monoisotopic (exact) mass is 541 g/mol. The molecule has 2 aliphatic carbocycles. The normalized spacial score (nSPS) is 18.5. The van der Waals surface area contributed by atoms with Gasteiger partial charge in [-0.25, -0.2) is 4.79 Å². The first kappa shape index (κ1) is 27.6. The molecule has 0 bridgehead atoms. The average molecular weight is 542 g/mol. The number of carbonyl (C=O) groups excluding carboxylic acids is 3. The van der Waals surface area contributed by atoms with Crippen molar-refractivity contribution in [1.29, 1.82) is 0 Å². The summed E-state index contributed by atoms with van der Waals surface area (Å²) in [6.45, 7) is 0. The van der Waals surface area contributed by atoms with E-state index in [0.717, 1.165) is 49.7 Å². The summed E-state index contributed by atoms with van der Waals surface area (Å²) in [4.78, 5) is 49.5. The third-order valence-electron chi connectivity index (χ3n) is 7.62. The van der Waals surface area contributed by atoms with E-state index in [-0.39, 0.29) is 24.9 Å². The molecule has 0 saturated carbocycles. The number of benzene rings is 3. The van der Waals surface area contributed by atoms with Crippen molar-refractivity contribution in [2.24, 2.45) is 0 Å². The largest absolute Gasteiger partial charge is 0.370 e. The Balaban J connectivity index is 1.19. The lowest BCUT2D eigenvalue weighted by Gasteiger charge is -2.26. The summed E-state index contributed by atoms with van der Waals surface area (Å²) in [5, 5.41) is 2.73. The lowest BCUT2D eigenvalue weighted by Crippen LogP contribution is -2.44. The van der Waals surface area contributed by atoms with Gasteiger partial charge in [-0.2, -0.15) is 0 Å². The standard InChI is InChI=1S/C32H35N3O5/c36-30(39-34-27-18-8-14-22-10-4-6-16-25(22)27)21-20-29(33-31(37)24-12-2-1-3-13-24)32(38)40-35-28-19-9-15-23-11-5-7-17-26(23)28/h1-7,10-13,16-17,27-29,34-35H,8-9,14-15,18-21H2,(H,33,37)/t27?,28?,29-/m0/s1. The first-order valence-corrected chi connectivity index (χ1v) is 14.0. The highest BCUT2D eigenvalue weighted by Gasteiger charge is 2.28. The second-order valence-electron chi connectivity index (χ2n) is 10.3. The summed E-state index contributed by atoms with van der Waals surface area (Å²) in [5.41, 5.74) is 10.9. The molecule has 2 aliphatic rings. The fourth-order valence-electron chi connectivity index (χ4n) is 5.48. The zero-order chi connectivity index (χ0) is 27.7. The van der Waals surface area contributed by atoms with Gasteiger partial charge in [0.25, 0.3) is 5.91 Å². The van der Waals surface area contributed by atoms with Crippen LogP contribution in [0.2, 0.25) is 0 Å². The summed E-state index contributed by atoms with van der Waals surface area (Å²) in [6.07, 6.45) is 5.61. The van der Waals surface area contributed by atoms with Crippen molar-refractivity contribution in [1.82, 2.24) is 16.3 Å². The quantitative estimate of drug-likeness (QED) is 0.316. The first-order valence-electron chi connectivity index (χ1n) is 14.0. The van der Waals surface area contributed by atoms with Crippen LogP contribution < -0.4 is 16.3 Å². The molecule has 3 atom stereocenters. The van der Waals surface area contributed by atoms with Crippen molar-refractivity contribution in [3.05, 3.63) is 107 Å². The summed E-state index contributed by atoms with van der Waals surface area (Å²) in [7, 11) is 0. The van der Waals surface area contributed by atoms with Gasteiger partial charge in [0.2, 0.25) is 0 Å². The Bertz CT molecular complexity index is 1330. The molecule has 8 heteroatoms. The van der Waals surface area contributed by atoms with Crippen molar-refractivity contribution in [2.45, 2.75) is 69.5 Å². The van der Waals surface area contributed by atoms with Gasteiger partial charge in [-0.15, -0.1) is 11.0 Å². The predicted octanol–water partition coefficient (Wildman–Crippen LogP) is 4.82. The molecule has 0 radical (unpaired) electrons. The Labute approximate surface area is 234 Å². The second kappa shape index (κ2) is 13.4. The van der Waals surface area contributed by atoms with E-state index in [1.54, 1.807) is 24.3 Å². The van der Waals surface area contributed by atoms with E-state index < -0.39 is 23.9 Å². The molecular formula is C32H35N3O5. The zero-order valence-corrected chi connectivity index (χ0v) is 22.4. The van der Waals surface area contributed by atoms with Crippen molar-refractivity contribution in [3.8, 4) is 0 Å². The molecular weight excluding hydrogens is 506 g/mol. The molecule has 0 saturated heterocycles. The summed E-state index contributed by atoms with van der Waals surface area (Å²) in [6, 6.07) is 23.6. The maximum atomic E-state index is 13.2. The minimum atomic E-state index is -1.04. The van der Waals surface area contributed by atoms with Gasteiger partial charge in [0.15, 0.2) is 0 Å². The Hall–Kier alpha value is -4.01. The molecule has 0 heterocycles. The van der Waals surface area contributed by atoms with E-state index in [2.05, 4.69) is 28.4 Å². The van der Waals surface area contributed by atoms with Crippen LogP contribution in [0.3, 0.4) is 0 Å². The maximum absolute atomic E-state index is 13.2. The molecule has 208 valence electrons. The van der Waals surface area contributed by atoms with Crippen LogP contribution in [0.25, 0.3) is 0 Å². The van der Waals surface area contributed by atoms with E-state index in [4.69, 9.17) is 9.68 Å². The minimum absolute atomic E-state index is 0.0299. The van der Waals surface area contributed by atoms with Crippen LogP contribution >= 0.6 is 0 Å². The molecule has 3 aromatic carbocycles. The molecule has 1 amide bonds. The van der Waals surface area contributed by atoms with Crippen LogP contribution in [0.4, 0.5) is 0 Å². The maximum Gasteiger partial charge on any atom is 0.347 e. The van der Waals surface area contributed by atoms with Crippen molar-refractivity contribution in [2.75, 3.05) is 0 Å². The third-order valence-corrected chi connectivity index (χ3v) is 7.62. The van der Waals surface area contributed by atoms with Crippen LogP contribution in [0.1, 0.15) is 83.2 Å². The van der Waals surface area contributed by atoms with E-state index >= 15 is 0 Å². The number of amides is 1. The SMILES string of the molecule is O=C(CC[C@H](NC(=O)c1ccccc1)C(=O)ONC1CCCc2ccccc21)ONC1CCCc2ccccc21. The fourth-order valence-corrected chi connectivity index (χ4v) is 5.48. The lowest BCUT2D eigenvalue weighted by atomic mass is 9.88. The Kier molecular flexibility index (Phi) is 9.21. The van der Waals surface area contributed by atoms with Crippen LogP contribution in [0, 0.1) is 0 Å². The number of rotatable bonds is 10. The fraction of sp³-hybridized carbons (Fsp3) is 0.344. The van der Waals surface area contributed by atoms with Gasteiger partial charge in [0.05, 0.1) is 12.1 Å². The predicted molar refractivity (Wildman–Crippen MR) is 150 cm³/mol. The molecule has 0 fully saturated rings. The van der Waals surface area contributed by atoms with Gasteiger partial charge in [-0.05, 0) is 79.3 Å². The minimum Gasteiger partial charge on any atom is -0.370 e. The molecule has 8 nitrogen and oxygen atoms in total. The number of hydroxylamine groups is 2. The third kappa shape index (κ3) is 6.94. The van der Waals surface area contributed by atoms with Crippen LogP contribution in [0.5, 0.6) is 0 Å². The van der Waals surface area contributed by atoms with Gasteiger partial charge < -0.3 is 15.0 Å². The van der Waals surface area contributed by atoms with Gasteiger partial charge in [-0.3, -0.25) is 9.59 Å². The van der Waals surface area contributed by atoms with Gasteiger partial charge in [0.1, 0.15) is 6.04 Å². The Morgan fingerprint density at radius 3 is 1.90 bits per heavy atom. The van der Waals surface area contributed by atoms with Crippen molar-refractivity contribution < 1.29 is 24.1 Å². The summed E-state index contributed by atoms with van der Waals surface area (Å²) >= 11 is 0. The molecule has 0 aromatic heterocycles. The topological polar surface area (TPSA) is 106 Å². The van der Waals surface area contributed by atoms with Gasteiger partial charge in [-0.1, -0.05) is 66.7 Å². The van der Waals surface area contributed by atoms with E-state index in [1.165, 1.54) is 11.1 Å². The Morgan fingerprint density at radius 2 is 1.27 bits per heavy atom. The summed E-state index contributed by atoms with van der Waals surface area (Å²) in [5.74, 6) is -1.59. The van der Waals surface area contributed by atoms with Crippen LogP contribution in [-0.4, -0.2) is 23.9 Å². The number of hydrogen-bond acceptors (Lipinski definition) is 7. The summed E-state index contributed by atoms with van der Waals surface area (Å²) < 4.78 is 0. The van der Waals surface area contributed by atoms with Crippen molar-refractivity contribution >= 4 is 17.8 Å². The Morgan fingerprint density at radius 1 is 0.725 bits per heavy atom. The van der Waals surface area contributed by atoms with Crippen LogP contribution in [-0.2, 0) is 32.1 Å². The number of hydrogen-bond donors (Lipinski definition) is 3. The molecule has 0 aliphatic heterocycles. The number of aryl methyl sites for hydroxylation is 2. The molecule has 5 rings (SSSR count). The van der Waals surface area contributed by atoms with E-state index in [0.29, 0.717) is 5.56 Å². The highest BCUT2D eigenvalue weighted by Crippen LogP contribution is 2.30. The highest BCUT2D eigenvalue weighted by atomic mass is 16.7. The van der Waals surface area contributed by atoms with Crippen molar-refractivity contribution in [3.63, 3.8) is 0 Å². The molecule has 3 aromatic rings. The van der Waals surface area contributed by atoms with Crippen LogP contribution in [0.15, 0.2) is 78.9 Å².